The van der Waals surface area contributed by atoms with Gasteiger partial charge in [0.25, 0.3) is 0 Å². The molecule has 1 heterocycles. The van der Waals surface area contributed by atoms with Crippen LogP contribution < -0.4 is 5.32 Å². The fourth-order valence-corrected chi connectivity index (χ4v) is 1.93. The Morgan fingerprint density at radius 3 is 2.89 bits per heavy atom. The largest absolute Gasteiger partial charge is 0.478 e. The Balaban J connectivity index is 2.37. The molecule has 19 heavy (non-hydrogen) atoms. The first-order valence-corrected chi connectivity index (χ1v) is 6.05. The molecular weight excluding hydrogens is 310 g/mol. The summed E-state index contributed by atoms with van der Waals surface area (Å²) in [4.78, 5) is 15.0. The van der Waals surface area contributed by atoms with Gasteiger partial charge in [-0.25, -0.2) is 4.79 Å². The number of nitrogens with zero attached hydrogens (tertiary/aromatic N) is 2. The summed E-state index contributed by atoms with van der Waals surface area (Å²) in [6, 6.07) is 8.45. The molecule has 0 saturated heterocycles. The maximum absolute atomic E-state index is 11.0. The third-order valence-electron chi connectivity index (χ3n) is 2.42. The number of rotatable bonds is 3. The van der Waals surface area contributed by atoms with Crippen LogP contribution in [0.4, 0.5) is 11.4 Å². The van der Waals surface area contributed by atoms with Crippen LogP contribution in [0.2, 0.25) is 0 Å². The summed E-state index contributed by atoms with van der Waals surface area (Å²) in [5.41, 5.74) is 1.69. The summed E-state index contributed by atoms with van der Waals surface area (Å²) in [7, 11) is 0. The van der Waals surface area contributed by atoms with Gasteiger partial charge in [-0.3, -0.25) is 4.98 Å². The molecular formula is C13H8BrN3O2. The maximum atomic E-state index is 11.0. The number of carboxylic acid groups (broad SMARTS) is 1. The summed E-state index contributed by atoms with van der Waals surface area (Å²) >= 11 is 3.17. The van der Waals surface area contributed by atoms with Gasteiger partial charge in [0.2, 0.25) is 0 Å². The summed E-state index contributed by atoms with van der Waals surface area (Å²) in [5, 5.41) is 21.0. The van der Waals surface area contributed by atoms with Gasteiger partial charge < -0.3 is 10.4 Å². The molecule has 0 aliphatic rings. The van der Waals surface area contributed by atoms with Gasteiger partial charge in [-0.05, 0) is 40.2 Å². The number of aromatic carboxylic acids is 1. The quantitative estimate of drug-likeness (QED) is 0.908. The minimum atomic E-state index is -1.03. The number of halogens is 1. The summed E-state index contributed by atoms with van der Waals surface area (Å²) in [6.07, 6.45) is 3.04. The molecule has 2 rings (SSSR count). The van der Waals surface area contributed by atoms with Crippen molar-refractivity contribution < 1.29 is 9.90 Å². The lowest BCUT2D eigenvalue weighted by atomic mass is 10.2. The third-order valence-corrected chi connectivity index (χ3v) is 3.11. The van der Waals surface area contributed by atoms with Crippen LogP contribution in [-0.2, 0) is 0 Å². The van der Waals surface area contributed by atoms with Gasteiger partial charge in [0.1, 0.15) is 6.07 Å². The Hall–Kier alpha value is -2.39. The van der Waals surface area contributed by atoms with E-state index in [9.17, 15) is 4.79 Å². The van der Waals surface area contributed by atoms with Gasteiger partial charge in [-0.1, -0.05) is 0 Å². The van der Waals surface area contributed by atoms with Gasteiger partial charge in [0.15, 0.2) is 0 Å². The van der Waals surface area contributed by atoms with E-state index in [1.165, 1.54) is 18.5 Å². The number of hydrogen-bond donors (Lipinski definition) is 2. The lowest BCUT2D eigenvalue weighted by Gasteiger charge is -2.09. The van der Waals surface area contributed by atoms with Crippen LogP contribution in [0.1, 0.15) is 15.9 Å². The Morgan fingerprint density at radius 2 is 2.21 bits per heavy atom. The molecule has 0 amide bonds. The van der Waals surface area contributed by atoms with E-state index in [1.54, 1.807) is 18.2 Å². The maximum Gasteiger partial charge on any atom is 0.336 e. The Bertz CT molecular complexity index is 680. The number of nitrogens with one attached hydrogen (secondary N) is 1. The van der Waals surface area contributed by atoms with Crippen molar-refractivity contribution in [3.05, 3.63) is 52.3 Å². The molecule has 1 aromatic heterocycles. The van der Waals surface area contributed by atoms with Gasteiger partial charge in [0, 0.05) is 16.4 Å². The highest BCUT2D eigenvalue weighted by Crippen LogP contribution is 2.24. The lowest BCUT2D eigenvalue weighted by molar-refractivity contribution is 0.0696. The van der Waals surface area contributed by atoms with E-state index < -0.39 is 5.97 Å². The van der Waals surface area contributed by atoms with Crippen molar-refractivity contribution in [2.45, 2.75) is 0 Å². The number of nitriles is 1. The molecule has 0 spiro atoms. The van der Waals surface area contributed by atoms with E-state index in [0.29, 0.717) is 21.4 Å². The normalized spacial score (nSPS) is 9.68. The van der Waals surface area contributed by atoms with Crippen molar-refractivity contribution in [1.82, 2.24) is 4.98 Å². The minimum Gasteiger partial charge on any atom is -0.478 e. The third kappa shape index (κ3) is 2.89. The highest BCUT2D eigenvalue weighted by Gasteiger charge is 2.10. The smallest absolute Gasteiger partial charge is 0.336 e. The summed E-state index contributed by atoms with van der Waals surface area (Å²) < 4.78 is 0.497. The fourth-order valence-electron chi connectivity index (χ4n) is 1.51. The fraction of sp³-hybridized carbons (Fsp3) is 0. The Kier molecular flexibility index (Phi) is 3.78. The van der Waals surface area contributed by atoms with Crippen molar-refractivity contribution in [3.63, 3.8) is 0 Å². The van der Waals surface area contributed by atoms with Gasteiger partial charge >= 0.3 is 5.97 Å². The zero-order valence-electron chi connectivity index (χ0n) is 9.59. The summed E-state index contributed by atoms with van der Waals surface area (Å²) in [6.45, 7) is 0. The van der Waals surface area contributed by atoms with Crippen LogP contribution in [0, 0.1) is 11.3 Å². The first-order valence-electron chi connectivity index (χ1n) is 5.26. The Labute approximate surface area is 117 Å². The molecule has 0 aliphatic carbocycles. The number of benzene rings is 1. The zero-order valence-corrected chi connectivity index (χ0v) is 11.2. The zero-order chi connectivity index (χ0) is 13.8. The number of anilines is 2. The van der Waals surface area contributed by atoms with E-state index in [-0.39, 0.29) is 5.56 Å². The van der Waals surface area contributed by atoms with Gasteiger partial charge in [-0.15, -0.1) is 0 Å². The van der Waals surface area contributed by atoms with Crippen molar-refractivity contribution in [2.24, 2.45) is 0 Å². The highest BCUT2D eigenvalue weighted by molar-refractivity contribution is 9.10. The van der Waals surface area contributed by atoms with Crippen LogP contribution in [-0.4, -0.2) is 16.1 Å². The molecule has 94 valence electrons. The second-order valence-corrected chi connectivity index (χ2v) is 4.51. The SMILES string of the molecule is N#Cc1ccncc1Nc1ccc(Br)c(C(=O)O)c1. The topological polar surface area (TPSA) is 86.0 Å². The van der Waals surface area contributed by atoms with E-state index in [0.717, 1.165) is 0 Å². The second kappa shape index (κ2) is 5.50. The minimum absolute atomic E-state index is 0.146. The summed E-state index contributed by atoms with van der Waals surface area (Å²) in [5.74, 6) is -1.03. The van der Waals surface area contributed by atoms with Crippen LogP contribution in [0.3, 0.4) is 0 Å². The standard InChI is InChI=1S/C13H8BrN3O2/c14-11-2-1-9(5-10(11)13(18)19)17-12-7-16-4-3-8(12)6-15/h1-5,7,17H,(H,18,19). The number of aromatic nitrogens is 1. The average Bonchev–Trinajstić information content (AvgIpc) is 2.41. The highest BCUT2D eigenvalue weighted by atomic mass is 79.9. The number of carboxylic acids is 1. The van der Waals surface area contributed by atoms with Crippen molar-refractivity contribution in [3.8, 4) is 6.07 Å². The van der Waals surface area contributed by atoms with E-state index in [1.807, 2.05) is 6.07 Å². The molecule has 1 aromatic carbocycles. The molecule has 2 N–H and O–H groups in total. The number of hydrogen-bond acceptors (Lipinski definition) is 4. The Morgan fingerprint density at radius 1 is 1.42 bits per heavy atom. The molecule has 0 aliphatic heterocycles. The average molecular weight is 318 g/mol. The molecule has 0 radical (unpaired) electrons. The van der Waals surface area contributed by atoms with Crippen molar-refractivity contribution in [2.75, 3.05) is 5.32 Å². The predicted octanol–water partition coefficient (Wildman–Crippen LogP) is 3.16. The van der Waals surface area contributed by atoms with Crippen molar-refractivity contribution in [1.29, 1.82) is 5.26 Å². The molecule has 5 nitrogen and oxygen atoms in total. The van der Waals surface area contributed by atoms with Crippen LogP contribution in [0.15, 0.2) is 41.1 Å². The van der Waals surface area contributed by atoms with E-state index in [2.05, 4.69) is 26.2 Å². The van der Waals surface area contributed by atoms with Crippen LogP contribution in [0.5, 0.6) is 0 Å². The molecule has 0 bridgehead atoms. The first kappa shape index (κ1) is 13.1. The van der Waals surface area contributed by atoms with Gasteiger partial charge in [-0.2, -0.15) is 5.26 Å². The monoisotopic (exact) mass is 317 g/mol. The number of pyridine rings is 1. The van der Waals surface area contributed by atoms with Crippen molar-refractivity contribution >= 4 is 33.3 Å². The molecule has 0 unspecified atom stereocenters. The van der Waals surface area contributed by atoms with Crippen LogP contribution in [0.25, 0.3) is 0 Å². The molecule has 0 fully saturated rings. The van der Waals surface area contributed by atoms with E-state index in [4.69, 9.17) is 10.4 Å². The molecule has 6 heteroatoms. The molecule has 0 saturated carbocycles. The number of carbonyl (C=O) groups is 1. The predicted molar refractivity (Wildman–Crippen MR) is 73.3 cm³/mol. The second-order valence-electron chi connectivity index (χ2n) is 3.66. The molecule has 2 aromatic rings. The lowest BCUT2D eigenvalue weighted by Crippen LogP contribution is -2.00. The van der Waals surface area contributed by atoms with Crippen LogP contribution >= 0.6 is 15.9 Å². The van der Waals surface area contributed by atoms with Gasteiger partial charge in [0.05, 0.1) is 23.0 Å². The van der Waals surface area contributed by atoms with E-state index >= 15 is 0 Å². The first-order chi connectivity index (χ1) is 9.11. The molecule has 0 atom stereocenters.